The van der Waals surface area contributed by atoms with Crippen LogP contribution in [0.1, 0.15) is 33.3 Å². The lowest BCUT2D eigenvalue weighted by molar-refractivity contribution is -0.135. The van der Waals surface area contributed by atoms with Crippen molar-refractivity contribution >= 4 is 29.6 Å². The number of hydrogen-bond acceptors (Lipinski definition) is 7. The van der Waals surface area contributed by atoms with Gasteiger partial charge in [0.1, 0.15) is 0 Å². The quantitative estimate of drug-likeness (QED) is 0.787. The Kier molecular flexibility index (Phi) is 5.84. The molecule has 1 aromatic heterocycles. The molecule has 0 aliphatic rings. The molecule has 1 heterocycles. The number of hydrogen-bond donors (Lipinski definition) is 2. The summed E-state index contributed by atoms with van der Waals surface area (Å²) in [4.78, 5) is 26.7. The molecular weight excluding hydrogens is 336 g/mol. The molecule has 0 aliphatic heterocycles. The fourth-order valence-electron chi connectivity index (χ4n) is 2.28. The van der Waals surface area contributed by atoms with Gasteiger partial charge in [0.2, 0.25) is 17.8 Å². The third kappa shape index (κ3) is 5.32. The van der Waals surface area contributed by atoms with Gasteiger partial charge in [-0.2, -0.15) is 15.0 Å². The van der Waals surface area contributed by atoms with Crippen LogP contribution >= 0.6 is 11.8 Å². The van der Waals surface area contributed by atoms with Crippen molar-refractivity contribution in [3.8, 4) is 0 Å². The minimum Gasteiger partial charge on any atom is -0.368 e. The van der Waals surface area contributed by atoms with Gasteiger partial charge in [0, 0.05) is 12.1 Å². The molecule has 1 amide bonds. The number of nitrogens with two attached hydrogens (primary N) is 2. The van der Waals surface area contributed by atoms with E-state index < -0.39 is 0 Å². The Balaban J connectivity index is 2.17. The molecule has 7 nitrogen and oxygen atoms in total. The van der Waals surface area contributed by atoms with E-state index in [4.69, 9.17) is 11.5 Å². The van der Waals surface area contributed by atoms with Crippen LogP contribution in [0.15, 0.2) is 35.5 Å². The highest BCUT2D eigenvalue weighted by Gasteiger charge is 2.30. The number of nitrogen functional groups attached to an aromatic ring is 2. The molecule has 0 unspecified atom stereocenters. The van der Waals surface area contributed by atoms with E-state index in [2.05, 4.69) is 15.0 Å². The Hall–Kier alpha value is -2.35. The van der Waals surface area contributed by atoms with E-state index in [0.29, 0.717) is 11.7 Å². The molecule has 25 heavy (non-hydrogen) atoms. The van der Waals surface area contributed by atoms with Gasteiger partial charge in [-0.1, -0.05) is 42.1 Å². The van der Waals surface area contributed by atoms with Crippen LogP contribution in [0.3, 0.4) is 0 Å². The second-order valence-corrected chi connectivity index (χ2v) is 7.98. The van der Waals surface area contributed by atoms with E-state index in [9.17, 15) is 4.79 Å². The second-order valence-electron chi connectivity index (χ2n) is 6.68. The number of carbonyl (C=O) groups is 1. The maximum atomic E-state index is 13.0. The Morgan fingerprint density at radius 2 is 1.68 bits per heavy atom. The van der Waals surface area contributed by atoms with E-state index >= 15 is 0 Å². The van der Waals surface area contributed by atoms with Crippen molar-refractivity contribution in [1.29, 1.82) is 0 Å². The van der Waals surface area contributed by atoms with Crippen molar-refractivity contribution in [3.63, 3.8) is 0 Å². The van der Waals surface area contributed by atoms with Gasteiger partial charge in [-0.05, 0) is 33.3 Å². The fourth-order valence-corrected chi connectivity index (χ4v) is 3.12. The van der Waals surface area contributed by atoms with E-state index in [-0.39, 0.29) is 28.6 Å². The molecule has 0 fully saturated rings. The number of carbonyl (C=O) groups excluding carboxylic acids is 1. The van der Waals surface area contributed by atoms with Gasteiger partial charge in [0.05, 0.1) is 5.25 Å². The molecular formula is C17H24N6OS. The van der Waals surface area contributed by atoms with Crippen LogP contribution in [0.4, 0.5) is 11.9 Å². The fraction of sp³-hybridized carbons (Fsp3) is 0.412. The summed E-state index contributed by atoms with van der Waals surface area (Å²) in [7, 11) is 0. The SMILES string of the molecule is C[C@H](Sc1nc(N)nc(N)n1)C(=O)N(Cc1ccccc1)C(C)(C)C. The molecule has 1 aromatic carbocycles. The van der Waals surface area contributed by atoms with E-state index in [1.165, 1.54) is 11.8 Å². The largest absolute Gasteiger partial charge is 0.368 e. The number of aromatic nitrogens is 3. The standard InChI is InChI=1S/C17H24N6OS/c1-11(25-16-21-14(18)20-15(19)22-16)13(24)23(17(2,3)4)10-12-8-6-5-7-9-12/h5-9,11H,10H2,1-4H3,(H4,18,19,20,21,22)/t11-/m0/s1. The first-order valence-electron chi connectivity index (χ1n) is 7.96. The molecule has 0 bridgehead atoms. The molecule has 0 aliphatic carbocycles. The van der Waals surface area contributed by atoms with Gasteiger partial charge in [-0.15, -0.1) is 0 Å². The lowest BCUT2D eigenvalue weighted by Gasteiger charge is -2.37. The number of nitrogens with zero attached hydrogens (tertiary/aromatic N) is 4. The predicted molar refractivity (Wildman–Crippen MR) is 101 cm³/mol. The monoisotopic (exact) mass is 360 g/mol. The van der Waals surface area contributed by atoms with Crippen LogP contribution in [-0.2, 0) is 11.3 Å². The summed E-state index contributed by atoms with van der Waals surface area (Å²) >= 11 is 1.22. The summed E-state index contributed by atoms with van der Waals surface area (Å²) in [6.45, 7) is 8.42. The Bertz CT molecular complexity index is 711. The van der Waals surface area contributed by atoms with Gasteiger partial charge < -0.3 is 16.4 Å². The second kappa shape index (κ2) is 7.69. The van der Waals surface area contributed by atoms with E-state index in [0.717, 1.165) is 5.56 Å². The van der Waals surface area contributed by atoms with Crippen molar-refractivity contribution in [1.82, 2.24) is 19.9 Å². The molecule has 1 atom stereocenters. The van der Waals surface area contributed by atoms with Crippen molar-refractivity contribution < 1.29 is 4.79 Å². The van der Waals surface area contributed by atoms with Crippen LogP contribution in [-0.4, -0.2) is 36.5 Å². The van der Waals surface area contributed by atoms with Crippen molar-refractivity contribution in [2.24, 2.45) is 0 Å². The summed E-state index contributed by atoms with van der Waals surface area (Å²) in [5, 5.41) is -0.0384. The average molecular weight is 360 g/mol. The normalized spacial score (nSPS) is 12.6. The average Bonchev–Trinajstić information content (AvgIpc) is 2.51. The van der Waals surface area contributed by atoms with Crippen LogP contribution < -0.4 is 11.5 Å². The van der Waals surface area contributed by atoms with Crippen LogP contribution in [0.25, 0.3) is 0 Å². The molecule has 0 spiro atoms. The Morgan fingerprint density at radius 3 is 2.20 bits per heavy atom. The smallest absolute Gasteiger partial charge is 0.236 e. The summed E-state index contributed by atoms with van der Waals surface area (Å²) in [6.07, 6.45) is 0. The summed E-state index contributed by atoms with van der Waals surface area (Å²) in [5.74, 6) is 0.0946. The molecule has 2 aromatic rings. The maximum Gasteiger partial charge on any atom is 0.236 e. The minimum atomic E-state index is -0.385. The van der Waals surface area contributed by atoms with Gasteiger partial charge >= 0.3 is 0 Å². The number of benzene rings is 1. The maximum absolute atomic E-state index is 13.0. The highest BCUT2D eigenvalue weighted by molar-refractivity contribution is 8.00. The number of rotatable bonds is 5. The first-order valence-corrected chi connectivity index (χ1v) is 8.84. The van der Waals surface area contributed by atoms with Gasteiger partial charge in [0.25, 0.3) is 0 Å². The summed E-state index contributed by atoms with van der Waals surface area (Å²) < 4.78 is 0. The zero-order valence-electron chi connectivity index (χ0n) is 14.9. The van der Waals surface area contributed by atoms with Crippen LogP contribution in [0.2, 0.25) is 0 Å². The zero-order valence-corrected chi connectivity index (χ0v) is 15.7. The number of amides is 1. The van der Waals surface area contributed by atoms with Gasteiger partial charge in [0.15, 0.2) is 5.16 Å². The molecule has 4 N–H and O–H groups in total. The molecule has 8 heteroatoms. The predicted octanol–water partition coefficient (Wildman–Crippen LogP) is 2.34. The molecule has 0 saturated carbocycles. The summed E-state index contributed by atoms with van der Waals surface area (Å²) in [5.41, 5.74) is 11.9. The van der Waals surface area contributed by atoms with Crippen LogP contribution in [0, 0.1) is 0 Å². The molecule has 134 valence electrons. The lowest BCUT2D eigenvalue weighted by atomic mass is 10.0. The topological polar surface area (TPSA) is 111 Å². The highest BCUT2D eigenvalue weighted by atomic mass is 32.2. The van der Waals surface area contributed by atoms with E-state index in [1.807, 2.05) is 62.9 Å². The first-order chi connectivity index (χ1) is 11.7. The first kappa shape index (κ1) is 19.0. The van der Waals surface area contributed by atoms with Crippen molar-refractivity contribution in [3.05, 3.63) is 35.9 Å². The highest BCUT2D eigenvalue weighted by Crippen LogP contribution is 2.26. The zero-order chi connectivity index (χ0) is 18.6. The summed E-state index contributed by atoms with van der Waals surface area (Å²) in [6, 6.07) is 9.92. The lowest BCUT2D eigenvalue weighted by Crippen LogP contribution is -2.48. The Labute approximate surface area is 152 Å². The Morgan fingerprint density at radius 1 is 1.12 bits per heavy atom. The third-order valence-corrected chi connectivity index (χ3v) is 4.49. The molecule has 0 saturated heterocycles. The third-order valence-electron chi connectivity index (χ3n) is 3.54. The molecule has 2 rings (SSSR count). The molecule has 0 radical (unpaired) electrons. The number of thioether (sulfide) groups is 1. The number of anilines is 2. The van der Waals surface area contributed by atoms with Crippen molar-refractivity contribution in [2.45, 2.75) is 50.2 Å². The van der Waals surface area contributed by atoms with Gasteiger partial charge in [-0.25, -0.2) is 0 Å². The van der Waals surface area contributed by atoms with Crippen molar-refractivity contribution in [2.75, 3.05) is 11.5 Å². The van der Waals surface area contributed by atoms with E-state index in [1.54, 1.807) is 0 Å². The van der Waals surface area contributed by atoms with Crippen LogP contribution in [0.5, 0.6) is 0 Å². The minimum absolute atomic E-state index is 0.00101. The van der Waals surface area contributed by atoms with Gasteiger partial charge in [-0.3, -0.25) is 4.79 Å².